The Morgan fingerprint density at radius 1 is 0.300 bits per heavy atom. The SMILES string of the molecule is Cc1cc(C)c(B(c2c(C)cc(C)cc2C)c2cc(-c3ccccc3C#N)c3ccc4c(-c5ccccc5C#N)cc(B(c5c(C)cc(C)cc5C)c5c(C)cc(C)cc5C)c5ccc2c3c54)c(C)c1. The van der Waals surface area contributed by atoms with E-state index >= 15 is 0 Å². The third-order valence-corrected chi connectivity index (χ3v) is 15.4. The zero-order chi connectivity index (χ0) is 49.4. The van der Waals surface area contributed by atoms with Crippen LogP contribution in [0, 0.1) is 106 Å². The minimum atomic E-state index is -0.125. The van der Waals surface area contributed by atoms with Gasteiger partial charge in [-0.1, -0.05) is 221 Å². The zero-order valence-corrected chi connectivity index (χ0v) is 42.8. The van der Waals surface area contributed by atoms with Gasteiger partial charge in [0, 0.05) is 11.1 Å². The number of nitrogens with zero attached hydrogens (tertiary/aromatic N) is 2. The van der Waals surface area contributed by atoms with Gasteiger partial charge in [0.25, 0.3) is 0 Å². The van der Waals surface area contributed by atoms with Gasteiger partial charge in [0.2, 0.25) is 13.4 Å². The molecule has 10 rings (SSSR count). The minimum absolute atomic E-state index is 0.125. The molecular weight excluding hydrogens is 842 g/mol. The van der Waals surface area contributed by atoms with Gasteiger partial charge in [-0.3, -0.25) is 0 Å². The molecule has 0 N–H and O–H groups in total. The van der Waals surface area contributed by atoms with Crippen molar-refractivity contribution in [3.8, 4) is 34.4 Å². The van der Waals surface area contributed by atoms with Crippen molar-refractivity contribution in [3.05, 3.63) is 211 Å². The summed E-state index contributed by atoms with van der Waals surface area (Å²) < 4.78 is 0. The van der Waals surface area contributed by atoms with E-state index in [9.17, 15) is 10.5 Å². The molecule has 0 aromatic heterocycles. The number of hydrogen-bond acceptors (Lipinski definition) is 2. The first-order chi connectivity index (χ1) is 33.6. The van der Waals surface area contributed by atoms with E-state index in [0.717, 1.165) is 33.0 Å². The van der Waals surface area contributed by atoms with Crippen molar-refractivity contribution in [1.29, 1.82) is 10.5 Å². The topological polar surface area (TPSA) is 47.6 Å². The Balaban J connectivity index is 1.48. The van der Waals surface area contributed by atoms with Crippen molar-refractivity contribution in [3.63, 3.8) is 0 Å². The summed E-state index contributed by atoms with van der Waals surface area (Å²) in [5.74, 6) is 0. The first-order valence-electron chi connectivity index (χ1n) is 24.7. The average Bonchev–Trinajstić information content (AvgIpc) is 3.30. The molecule has 0 heterocycles. The third kappa shape index (κ3) is 7.50. The van der Waals surface area contributed by atoms with Crippen LogP contribution in [0.4, 0.5) is 0 Å². The Morgan fingerprint density at radius 2 is 0.557 bits per heavy atom. The second kappa shape index (κ2) is 17.7. The molecule has 0 saturated carbocycles. The summed E-state index contributed by atoms with van der Waals surface area (Å²) in [7, 11) is 0. The van der Waals surface area contributed by atoms with E-state index in [1.807, 2.05) is 24.3 Å². The lowest BCUT2D eigenvalue weighted by molar-refractivity contribution is 1.34. The summed E-state index contributed by atoms with van der Waals surface area (Å²) in [5, 5.41) is 28.6. The highest BCUT2D eigenvalue weighted by molar-refractivity contribution is 6.99. The maximum absolute atomic E-state index is 10.8. The highest BCUT2D eigenvalue weighted by atomic mass is 14.3. The zero-order valence-electron chi connectivity index (χ0n) is 42.8. The molecule has 10 aromatic rings. The molecule has 0 atom stereocenters. The Morgan fingerprint density at radius 3 is 0.829 bits per heavy atom. The van der Waals surface area contributed by atoms with E-state index in [1.165, 1.54) is 121 Å². The molecule has 0 aliphatic carbocycles. The molecule has 4 heteroatoms. The minimum Gasteiger partial charge on any atom is -0.192 e. The van der Waals surface area contributed by atoms with Crippen LogP contribution in [0.5, 0.6) is 0 Å². The summed E-state index contributed by atoms with van der Waals surface area (Å²) in [6.07, 6.45) is 0. The van der Waals surface area contributed by atoms with Gasteiger partial charge >= 0.3 is 0 Å². The lowest BCUT2D eigenvalue weighted by atomic mass is 9.33. The monoisotopic (exact) mass is 900 g/mol. The Hall–Kier alpha value is -7.65. The van der Waals surface area contributed by atoms with Crippen molar-refractivity contribution < 1.29 is 0 Å². The molecule has 70 heavy (non-hydrogen) atoms. The number of aryl methyl sites for hydroxylation is 12. The highest BCUT2D eigenvalue weighted by Gasteiger charge is 2.35. The van der Waals surface area contributed by atoms with Crippen LogP contribution in [0.3, 0.4) is 0 Å². The summed E-state index contributed by atoms with van der Waals surface area (Å²) in [5.41, 5.74) is 28.0. The van der Waals surface area contributed by atoms with Gasteiger partial charge in [0.15, 0.2) is 0 Å². The summed E-state index contributed by atoms with van der Waals surface area (Å²) in [6, 6.07) is 54.3. The average molecular weight is 901 g/mol. The molecule has 0 unspecified atom stereocenters. The second-order valence-corrected chi connectivity index (χ2v) is 20.5. The molecule has 2 nitrogen and oxygen atoms in total. The first kappa shape index (κ1) is 46.1. The van der Waals surface area contributed by atoms with Gasteiger partial charge in [0.1, 0.15) is 0 Å². The van der Waals surface area contributed by atoms with E-state index < -0.39 is 0 Å². The summed E-state index contributed by atoms with van der Waals surface area (Å²) >= 11 is 0. The molecule has 10 aromatic carbocycles. The van der Waals surface area contributed by atoms with Crippen molar-refractivity contribution >= 4 is 78.5 Å². The Labute approximate surface area is 415 Å². The van der Waals surface area contributed by atoms with Crippen LogP contribution in [0.25, 0.3) is 54.6 Å². The quantitative estimate of drug-likeness (QED) is 0.113. The molecule has 0 fully saturated rings. The van der Waals surface area contributed by atoms with Crippen molar-refractivity contribution in [1.82, 2.24) is 0 Å². The van der Waals surface area contributed by atoms with Gasteiger partial charge in [-0.05, 0) is 139 Å². The van der Waals surface area contributed by atoms with E-state index in [2.05, 4.69) is 204 Å². The predicted octanol–water partition coefficient (Wildman–Crippen LogP) is 12.4. The molecule has 0 saturated heterocycles. The van der Waals surface area contributed by atoms with Crippen LogP contribution in [-0.2, 0) is 0 Å². The van der Waals surface area contributed by atoms with Crippen molar-refractivity contribution in [2.24, 2.45) is 0 Å². The molecule has 0 bridgehead atoms. The van der Waals surface area contributed by atoms with Gasteiger partial charge in [0.05, 0.1) is 23.3 Å². The van der Waals surface area contributed by atoms with Crippen LogP contribution in [-0.4, -0.2) is 13.4 Å². The standard InChI is InChI=1S/C66H58B2N2/c1-37-25-41(5)63(42(6)26-37)67(64-43(7)27-38(2)28-44(64)8)59-33-57(51-19-15-13-17-49(51)35-69)53-21-22-54-58(52-20-16-14-18-50(52)36-70)34-60(56-24-23-55(59)61(53)62(54)56)68(65-45(9)29-39(3)30-46(65)10)66-47(11)31-40(4)32-48(66)12/h13-34H,1-12H3. The normalized spacial score (nSPS) is 11.4. The Kier molecular flexibility index (Phi) is 11.7. The predicted molar refractivity (Wildman–Crippen MR) is 302 cm³/mol. The van der Waals surface area contributed by atoms with Crippen LogP contribution < -0.4 is 32.8 Å². The molecule has 338 valence electrons. The number of hydrogen-bond donors (Lipinski definition) is 0. The smallest absolute Gasteiger partial charge is 0.192 e. The summed E-state index contributed by atoms with van der Waals surface area (Å²) in [4.78, 5) is 0. The summed E-state index contributed by atoms with van der Waals surface area (Å²) in [6.45, 7) is 26.7. The fourth-order valence-corrected chi connectivity index (χ4v) is 13.1. The van der Waals surface area contributed by atoms with E-state index in [-0.39, 0.29) is 13.4 Å². The largest absolute Gasteiger partial charge is 0.243 e. The lowest BCUT2D eigenvalue weighted by Crippen LogP contribution is -2.56. The van der Waals surface area contributed by atoms with Gasteiger partial charge in [-0.2, -0.15) is 10.5 Å². The van der Waals surface area contributed by atoms with Gasteiger partial charge in [-0.25, -0.2) is 0 Å². The van der Waals surface area contributed by atoms with Gasteiger partial charge < -0.3 is 0 Å². The maximum Gasteiger partial charge on any atom is 0.243 e. The molecule has 0 spiro atoms. The van der Waals surface area contributed by atoms with E-state index in [4.69, 9.17) is 0 Å². The first-order valence-corrected chi connectivity index (χ1v) is 24.7. The maximum atomic E-state index is 10.8. The van der Waals surface area contributed by atoms with E-state index in [0.29, 0.717) is 11.1 Å². The van der Waals surface area contributed by atoms with Crippen LogP contribution in [0.1, 0.15) is 77.9 Å². The van der Waals surface area contributed by atoms with Crippen LogP contribution in [0.2, 0.25) is 0 Å². The second-order valence-electron chi connectivity index (χ2n) is 20.5. The molecule has 0 aliphatic rings. The third-order valence-electron chi connectivity index (χ3n) is 15.4. The molecule has 0 aliphatic heterocycles. The number of rotatable bonds is 8. The molecular formula is C66H58B2N2. The van der Waals surface area contributed by atoms with Crippen molar-refractivity contribution in [2.75, 3.05) is 0 Å². The molecule has 0 radical (unpaired) electrons. The fraction of sp³-hybridized carbons (Fsp3) is 0.182. The van der Waals surface area contributed by atoms with Crippen molar-refractivity contribution in [2.45, 2.75) is 83.1 Å². The molecule has 0 amide bonds. The van der Waals surface area contributed by atoms with E-state index in [1.54, 1.807) is 0 Å². The lowest BCUT2D eigenvalue weighted by Gasteiger charge is -2.29. The highest BCUT2D eigenvalue weighted by Crippen LogP contribution is 2.43. The van der Waals surface area contributed by atoms with Gasteiger partial charge in [-0.15, -0.1) is 0 Å². The van der Waals surface area contributed by atoms with Crippen LogP contribution >= 0.6 is 0 Å². The van der Waals surface area contributed by atoms with Crippen LogP contribution in [0.15, 0.2) is 133 Å². The number of benzene rings is 10. The fourth-order valence-electron chi connectivity index (χ4n) is 13.1. The Bertz CT molecular complexity index is 3430. The number of nitriles is 2.